The maximum absolute atomic E-state index is 12.6. The largest absolute Gasteiger partial charge is 0.494 e. The van der Waals surface area contributed by atoms with E-state index in [4.69, 9.17) is 14.2 Å². The lowest BCUT2D eigenvalue weighted by molar-refractivity contribution is -0.121. The van der Waals surface area contributed by atoms with Crippen LogP contribution in [-0.2, 0) is 9.53 Å². The van der Waals surface area contributed by atoms with E-state index in [0.717, 1.165) is 25.0 Å². The zero-order chi connectivity index (χ0) is 17.2. The third kappa shape index (κ3) is 3.33. The molecule has 5 heteroatoms. The number of fused-ring (bicyclic) bond motifs is 2. The van der Waals surface area contributed by atoms with E-state index in [0.29, 0.717) is 17.2 Å². The Kier molecular flexibility index (Phi) is 4.32. The minimum Gasteiger partial charge on any atom is -0.494 e. The topological polar surface area (TPSA) is 56.8 Å². The Morgan fingerprint density at radius 2 is 1.96 bits per heavy atom. The molecule has 0 aromatic heterocycles. The predicted molar refractivity (Wildman–Crippen MR) is 94.1 cm³/mol. The number of ether oxygens (including phenoxy) is 3. The third-order valence-corrected chi connectivity index (χ3v) is 4.85. The van der Waals surface area contributed by atoms with Crippen molar-refractivity contribution >= 4 is 11.6 Å². The second-order valence-electron chi connectivity index (χ2n) is 6.48. The van der Waals surface area contributed by atoms with E-state index in [1.807, 2.05) is 42.5 Å². The van der Waals surface area contributed by atoms with Gasteiger partial charge in [0.2, 0.25) is 5.91 Å². The van der Waals surface area contributed by atoms with Gasteiger partial charge in [0.15, 0.2) is 0 Å². The number of carbonyl (C=O) groups excluding carboxylic acids is 1. The Morgan fingerprint density at radius 1 is 1.12 bits per heavy atom. The van der Waals surface area contributed by atoms with Gasteiger partial charge >= 0.3 is 0 Å². The molecule has 2 aromatic carbocycles. The molecule has 2 bridgehead atoms. The Bertz CT molecular complexity index is 762. The molecule has 25 heavy (non-hydrogen) atoms. The molecule has 2 saturated heterocycles. The first kappa shape index (κ1) is 16.0. The van der Waals surface area contributed by atoms with Crippen LogP contribution in [0.4, 0.5) is 5.69 Å². The molecule has 2 aromatic rings. The fourth-order valence-electron chi connectivity index (χ4n) is 3.60. The van der Waals surface area contributed by atoms with Crippen LogP contribution in [0.2, 0.25) is 0 Å². The van der Waals surface area contributed by atoms with Crippen molar-refractivity contribution in [3.05, 3.63) is 48.5 Å². The number of hydrogen-bond acceptors (Lipinski definition) is 4. The highest BCUT2D eigenvalue weighted by Gasteiger charge is 2.44. The number of rotatable bonds is 5. The van der Waals surface area contributed by atoms with Gasteiger partial charge in [-0.05, 0) is 43.5 Å². The molecule has 0 aliphatic carbocycles. The van der Waals surface area contributed by atoms with Gasteiger partial charge in [0.1, 0.15) is 17.2 Å². The molecule has 2 aliphatic heterocycles. The molecular weight excluding hydrogens is 318 g/mol. The fraction of sp³-hybridized carbons (Fsp3) is 0.350. The smallest absolute Gasteiger partial charge is 0.230 e. The summed E-state index contributed by atoms with van der Waals surface area (Å²) in [6.07, 6.45) is 3.18. The van der Waals surface area contributed by atoms with Gasteiger partial charge in [0.05, 0.1) is 30.9 Å². The zero-order valence-corrected chi connectivity index (χ0v) is 14.1. The highest BCUT2D eigenvalue weighted by Crippen LogP contribution is 2.40. The van der Waals surface area contributed by atoms with E-state index in [-0.39, 0.29) is 24.0 Å². The Morgan fingerprint density at radius 3 is 2.64 bits per heavy atom. The average Bonchev–Trinajstić information content (AvgIpc) is 3.27. The van der Waals surface area contributed by atoms with Crippen molar-refractivity contribution in [3.8, 4) is 17.2 Å². The van der Waals surface area contributed by atoms with Crippen molar-refractivity contribution in [1.82, 2.24) is 0 Å². The van der Waals surface area contributed by atoms with Crippen LogP contribution in [0, 0.1) is 5.92 Å². The highest BCUT2D eigenvalue weighted by molar-refractivity contribution is 5.94. The first-order valence-electron chi connectivity index (χ1n) is 8.60. The summed E-state index contributed by atoms with van der Waals surface area (Å²) in [6.45, 7) is 0. The predicted octanol–water partition coefficient (Wildman–Crippen LogP) is 3.99. The van der Waals surface area contributed by atoms with Crippen LogP contribution in [0.1, 0.15) is 19.3 Å². The van der Waals surface area contributed by atoms with Crippen molar-refractivity contribution in [2.24, 2.45) is 5.92 Å². The van der Waals surface area contributed by atoms with Crippen LogP contribution in [0.3, 0.4) is 0 Å². The molecule has 2 fully saturated rings. The summed E-state index contributed by atoms with van der Waals surface area (Å²) in [5, 5.41) is 2.98. The van der Waals surface area contributed by atoms with E-state index in [1.165, 1.54) is 0 Å². The van der Waals surface area contributed by atoms with E-state index < -0.39 is 0 Å². The van der Waals surface area contributed by atoms with Crippen LogP contribution in [0.5, 0.6) is 17.2 Å². The van der Waals surface area contributed by atoms with Crippen molar-refractivity contribution < 1.29 is 19.0 Å². The minimum absolute atomic E-state index is 0.00206. The fourth-order valence-corrected chi connectivity index (χ4v) is 3.60. The highest BCUT2D eigenvalue weighted by atomic mass is 16.5. The standard InChI is InChI=1S/C20H21NO4/c1-23-19-12-15(24-13-5-3-2-4-6-13)7-9-17(19)21-20(22)16-11-14-8-10-18(16)25-14/h2-7,9,12,14,16,18H,8,10-11H2,1H3,(H,21,22). The lowest BCUT2D eigenvalue weighted by atomic mass is 9.88. The van der Waals surface area contributed by atoms with Gasteiger partial charge in [0, 0.05) is 6.07 Å². The van der Waals surface area contributed by atoms with E-state index in [2.05, 4.69) is 5.32 Å². The van der Waals surface area contributed by atoms with Crippen LogP contribution in [0.15, 0.2) is 48.5 Å². The van der Waals surface area contributed by atoms with Gasteiger partial charge in [0.25, 0.3) is 0 Å². The molecule has 3 atom stereocenters. The summed E-state index contributed by atoms with van der Waals surface area (Å²) < 4.78 is 17.0. The molecule has 5 nitrogen and oxygen atoms in total. The normalized spacial score (nSPS) is 24.1. The molecule has 0 saturated carbocycles. The SMILES string of the molecule is COc1cc(Oc2ccccc2)ccc1NC(=O)C1CC2CCC1O2. The lowest BCUT2D eigenvalue weighted by Gasteiger charge is -2.19. The second-order valence-corrected chi connectivity index (χ2v) is 6.48. The van der Waals surface area contributed by atoms with Gasteiger partial charge in [-0.2, -0.15) is 0 Å². The monoisotopic (exact) mass is 339 g/mol. The van der Waals surface area contributed by atoms with E-state index in [1.54, 1.807) is 13.2 Å². The quantitative estimate of drug-likeness (QED) is 0.895. The van der Waals surface area contributed by atoms with Gasteiger partial charge < -0.3 is 19.5 Å². The number of para-hydroxylation sites is 1. The molecule has 0 spiro atoms. The van der Waals surface area contributed by atoms with Gasteiger partial charge in [-0.1, -0.05) is 18.2 Å². The van der Waals surface area contributed by atoms with Crippen LogP contribution < -0.4 is 14.8 Å². The van der Waals surface area contributed by atoms with Crippen LogP contribution >= 0.6 is 0 Å². The summed E-state index contributed by atoms with van der Waals surface area (Å²) in [5.74, 6) is 1.92. The maximum Gasteiger partial charge on any atom is 0.230 e. The summed E-state index contributed by atoms with van der Waals surface area (Å²) in [5.41, 5.74) is 0.649. The number of amides is 1. The molecule has 130 valence electrons. The molecule has 4 rings (SSSR count). The minimum atomic E-state index is -0.0660. The average molecular weight is 339 g/mol. The molecule has 2 heterocycles. The van der Waals surface area contributed by atoms with Crippen LogP contribution in [0.25, 0.3) is 0 Å². The van der Waals surface area contributed by atoms with Crippen molar-refractivity contribution in [2.75, 3.05) is 12.4 Å². The third-order valence-electron chi connectivity index (χ3n) is 4.85. The first-order chi connectivity index (χ1) is 12.2. The summed E-state index contributed by atoms with van der Waals surface area (Å²) in [7, 11) is 1.58. The molecule has 1 amide bonds. The number of benzene rings is 2. The molecular formula is C20H21NO4. The number of carbonyl (C=O) groups is 1. The Hall–Kier alpha value is -2.53. The van der Waals surface area contributed by atoms with Crippen LogP contribution in [-0.4, -0.2) is 25.2 Å². The Balaban J connectivity index is 1.47. The zero-order valence-electron chi connectivity index (χ0n) is 14.1. The summed E-state index contributed by atoms with van der Waals surface area (Å²) in [6, 6.07) is 14.9. The number of hydrogen-bond donors (Lipinski definition) is 1. The summed E-state index contributed by atoms with van der Waals surface area (Å²) >= 11 is 0. The van der Waals surface area contributed by atoms with E-state index >= 15 is 0 Å². The van der Waals surface area contributed by atoms with Gasteiger partial charge in [-0.3, -0.25) is 4.79 Å². The summed E-state index contributed by atoms with van der Waals surface area (Å²) in [4.78, 5) is 12.6. The van der Waals surface area contributed by atoms with E-state index in [9.17, 15) is 4.79 Å². The molecule has 1 N–H and O–H groups in total. The van der Waals surface area contributed by atoms with Gasteiger partial charge in [-0.25, -0.2) is 0 Å². The van der Waals surface area contributed by atoms with Crippen molar-refractivity contribution in [2.45, 2.75) is 31.5 Å². The number of anilines is 1. The second kappa shape index (κ2) is 6.76. The Labute approximate surface area is 146 Å². The number of nitrogens with one attached hydrogen (secondary N) is 1. The van der Waals surface area contributed by atoms with Gasteiger partial charge in [-0.15, -0.1) is 0 Å². The maximum atomic E-state index is 12.6. The lowest BCUT2D eigenvalue weighted by Crippen LogP contribution is -2.30. The van der Waals surface area contributed by atoms with Crippen molar-refractivity contribution in [1.29, 1.82) is 0 Å². The molecule has 0 radical (unpaired) electrons. The van der Waals surface area contributed by atoms with Crippen molar-refractivity contribution in [3.63, 3.8) is 0 Å². The number of methoxy groups -OCH3 is 1. The molecule has 3 unspecified atom stereocenters. The first-order valence-corrected chi connectivity index (χ1v) is 8.60. The molecule has 2 aliphatic rings.